The van der Waals surface area contributed by atoms with E-state index >= 15 is 0 Å². The van der Waals surface area contributed by atoms with Gasteiger partial charge in [-0.2, -0.15) is 0 Å². The minimum absolute atomic E-state index is 0.0903. The van der Waals surface area contributed by atoms with E-state index in [9.17, 15) is 4.79 Å². The molecule has 0 aromatic heterocycles. The molecule has 0 saturated carbocycles. The minimum Gasteiger partial charge on any atom is -0.479 e. The van der Waals surface area contributed by atoms with Crippen LogP contribution in [0.25, 0.3) is 0 Å². The van der Waals surface area contributed by atoms with E-state index in [1.165, 1.54) is 0 Å². The van der Waals surface area contributed by atoms with Crippen LogP contribution in [0.2, 0.25) is 0 Å². The first-order valence-corrected chi connectivity index (χ1v) is 3.32. The van der Waals surface area contributed by atoms with Gasteiger partial charge in [0.15, 0.2) is 6.10 Å². The van der Waals surface area contributed by atoms with Gasteiger partial charge in [0.1, 0.15) is 6.10 Å². The number of rotatable bonds is 2. The fourth-order valence-corrected chi connectivity index (χ4v) is 0.970. The molecule has 0 aromatic rings. The molecule has 1 saturated heterocycles. The Balaban J connectivity index is 2.26. The molecule has 1 fully saturated rings. The Bertz CT molecular complexity index is 114. The Morgan fingerprint density at radius 2 is 2.50 bits per heavy atom. The molecule has 0 aromatic carbocycles. The first kappa shape index (κ1) is 6.04. The van der Waals surface area contributed by atoms with Gasteiger partial charge in [0.05, 0.1) is 0 Å². The number of halogens is 1. The maximum absolute atomic E-state index is 9.99. The van der Waals surface area contributed by atoms with Crippen LogP contribution in [0.5, 0.6) is 0 Å². The van der Waals surface area contributed by atoms with Crippen molar-refractivity contribution in [1.29, 1.82) is 0 Å². The average molecular weight is 181 g/mol. The van der Waals surface area contributed by atoms with Crippen molar-refractivity contribution in [1.82, 2.24) is 0 Å². The first-order valence-electron chi connectivity index (χ1n) is 2.20. The summed E-state index contributed by atoms with van der Waals surface area (Å²) in [6.07, 6.45) is -0.637. The SMILES string of the molecule is O=C(O)[C@H]1O[C@H]1CBr. The molecule has 1 heterocycles. The number of hydrogen-bond donors (Lipinski definition) is 1. The third-order valence-electron chi connectivity index (χ3n) is 0.978. The number of carboxylic acid groups (broad SMARTS) is 1. The smallest absolute Gasteiger partial charge is 0.335 e. The topological polar surface area (TPSA) is 49.8 Å². The third kappa shape index (κ3) is 1.00. The summed E-state index contributed by atoms with van der Waals surface area (Å²) >= 11 is 3.10. The van der Waals surface area contributed by atoms with Crippen LogP contribution < -0.4 is 0 Å². The maximum Gasteiger partial charge on any atom is 0.335 e. The van der Waals surface area contributed by atoms with Crippen molar-refractivity contribution < 1.29 is 14.6 Å². The van der Waals surface area contributed by atoms with E-state index in [-0.39, 0.29) is 6.10 Å². The van der Waals surface area contributed by atoms with Gasteiger partial charge in [-0.05, 0) is 0 Å². The summed E-state index contributed by atoms with van der Waals surface area (Å²) in [4.78, 5) is 9.99. The van der Waals surface area contributed by atoms with Gasteiger partial charge in [0, 0.05) is 5.33 Å². The summed E-state index contributed by atoms with van der Waals surface area (Å²) in [5.41, 5.74) is 0. The van der Waals surface area contributed by atoms with Crippen molar-refractivity contribution in [2.24, 2.45) is 0 Å². The summed E-state index contributed by atoms with van der Waals surface area (Å²) in [6, 6.07) is 0. The van der Waals surface area contributed by atoms with Crippen molar-refractivity contribution in [2.45, 2.75) is 12.2 Å². The van der Waals surface area contributed by atoms with Gasteiger partial charge in [-0.25, -0.2) is 4.79 Å². The molecule has 0 spiro atoms. The van der Waals surface area contributed by atoms with Crippen LogP contribution in [0, 0.1) is 0 Å². The number of epoxide rings is 1. The van der Waals surface area contributed by atoms with Gasteiger partial charge < -0.3 is 9.84 Å². The Kier molecular flexibility index (Phi) is 1.53. The fourth-order valence-electron chi connectivity index (χ4n) is 0.477. The molecule has 1 rings (SSSR count). The summed E-state index contributed by atoms with van der Waals surface area (Å²) in [6.45, 7) is 0. The largest absolute Gasteiger partial charge is 0.479 e. The van der Waals surface area contributed by atoms with Crippen LogP contribution in [0.1, 0.15) is 0 Å². The lowest BCUT2D eigenvalue weighted by Gasteiger charge is -1.77. The lowest BCUT2D eigenvalue weighted by molar-refractivity contribution is -0.138. The number of ether oxygens (including phenoxy) is 1. The molecule has 1 N–H and O–H groups in total. The van der Waals surface area contributed by atoms with Gasteiger partial charge in [-0.1, -0.05) is 15.9 Å². The summed E-state index contributed by atoms with van der Waals surface area (Å²) in [5, 5.41) is 8.82. The molecule has 46 valence electrons. The van der Waals surface area contributed by atoms with Gasteiger partial charge in [-0.3, -0.25) is 0 Å². The predicted octanol–water partition coefficient (Wildman–Crippen LogP) is 0.233. The summed E-state index contributed by atoms with van der Waals surface area (Å²) < 4.78 is 4.68. The average Bonchev–Trinajstić information content (AvgIpc) is 2.42. The fraction of sp³-hybridized carbons (Fsp3) is 0.750. The van der Waals surface area contributed by atoms with Crippen LogP contribution in [0.3, 0.4) is 0 Å². The predicted molar refractivity (Wildman–Crippen MR) is 30.1 cm³/mol. The van der Waals surface area contributed by atoms with E-state index in [1.807, 2.05) is 0 Å². The van der Waals surface area contributed by atoms with Crippen molar-refractivity contribution in [3.05, 3.63) is 0 Å². The zero-order chi connectivity index (χ0) is 6.15. The van der Waals surface area contributed by atoms with E-state index in [4.69, 9.17) is 5.11 Å². The van der Waals surface area contributed by atoms with Crippen molar-refractivity contribution >= 4 is 21.9 Å². The van der Waals surface area contributed by atoms with Crippen LogP contribution >= 0.6 is 15.9 Å². The lowest BCUT2D eigenvalue weighted by atomic mass is 10.3. The Labute approximate surface area is 54.8 Å². The second kappa shape index (κ2) is 2.03. The van der Waals surface area contributed by atoms with Gasteiger partial charge in [-0.15, -0.1) is 0 Å². The van der Waals surface area contributed by atoms with Crippen molar-refractivity contribution in [2.75, 3.05) is 5.33 Å². The Hall–Kier alpha value is -0.0900. The molecule has 0 aliphatic carbocycles. The molecule has 0 unspecified atom stereocenters. The normalized spacial score (nSPS) is 34.6. The number of aliphatic carboxylic acids is 1. The second-order valence-corrected chi connectivity index (χ2v) is 2.24. The molecule has 0 radical (unpaired) electrons. The van der Waals surface area contributed by atoms with Crippen LogP contribution in [-0.4, -0.2) is 28.6 Å². The van der Waals surface area contributed by atoms with Gasteiger partial charge in [0.2, 0.25) is 0 Å². The highest BCUT2D eigenvalue weighted by atomic mass is 79.9. The molecule has 1 aliphatic heterocycles. The van der Waals surface area contributed by atoms with Crippen LogP contribution in [0.4, 0.5) is 0 Å². The third-order valence-corrected chi connectivity index (χ3v) is 1.62. The summed E-state index contributed by atoms with van der Waals surface area (Å²) in [5.74, 6) is -0.866. The zero-order valence-corrected chi connectivity index (χ0v) is 5.59. The Morgan fingerprint density at radius 1 is 1.88 bits per heavy atom. The molecule has 4 heteroatoms. The molecule has 3 nitrogen and oxygen atoms in total. The van der Waals surface area contributed by atoms with E-state index in [2.05, 4.69) is 20.7 Å². The van der Waals surface area contributed by atoms with Crippen molar-refractivity contribution in [3.8, 4) is 0 Å². The van der Waals surface area contributed by atoms with Crippen LogP contribution in [0.15, 0.2) is 0 Å². The summed E-state index contributed by atoms with van der Waals surface area (Å²) in [7, 11) is 0. The molecular weight excluding hydrogens is 176 g/mol. The number of carboxylic acids is 1. The Morgan fingerprint density at radius 3 is 2.62 bits per heavy atom. The number of alkyl halides is 1. The van der Waals surface area contributed by atoms with E-state index < -0.39 is 12.1 Å². The van der Waals surface area contributed by atoms with Gasteiger partial charge in [0.25, 0.3) is 0 Å². The standard InChI is InChI=1S/C4H5BrO3/c5-1-2-3(8-2)4(6)7/h2-3H,1H2,(H,6,7)/t2-,3-/m0/s1. The highest BCUT2D eigenvalue weighted by molar-refractivity contribution is 9.09. The second-order valence-electron chi connectivity index (χ2n) is 1.59. The maximum atomic E-state index is 9.99. The molecule has 1 aliphatic rings. The minimum atomic E-state index is -0.866. The highest BCUT2D eigenvalue weighted by Crippen LogP contribution is 2.23. The molecule has 0 bridgehead atoms. The lowest BCUT2D eigenvalue weighted by Crippen LogP contribution is -2.07. The number of hydrogen-bond acceptors (Lipinski definition) is 2. The van der Waals surface area contributed by atoms with E-state index in [0.717, 1.165) is 0 Å². The van der Waals surface area contributed by atoms with E-state index in [0.29, 0.717) is 5.33 Å². The zero-order valence-electron chi connectivity index (χ0n) is 4.00. The van der Waals surface area contributed by atoms with Crippen LogP contribution in [-0.2, 0) is 9.53 Å². The molecule has 8 heavy (non-hydrogen) atoms. The van der Waals surface area contributed by atoms with Gasteiger partial charge >= 0.3 is 5.97 Å². The molecule has 2 atom stereocenters. The molecule has 0 amide bonds. The monoisotopic (exact) mass is 180 g/mol. The molecular formula is C4H5BrO3. The quantitative estimate of drug-likeness (QED) is 0.490. The van der Waals surface area contributed by atoms with E-state index in [1.54, 1.807) is 0 Å². The highest BCUT2D eigenvalue weighted by Gasteiger charge is 2.44. The number of carbonyl (C=O) groups is 1. The van der Waals surface area contributed by atoms with Crippen molar-refractivity contribution in [3.63, 3.8) is 0 Å². The first-order chi connectivity index (χ1) is 3.75.